The van der Waals surface area contributed by atoms with Gasteiger partial charge in [-0.25, -0.2) is 0 Å². The molecule has 0 aromatic carbocycles. The molecule has 0 saturated carbocycles. The van der Waals surface area contributed by atoms with Gasteiger partial charge in [-0.1, -0.05) is 13.0 Å². The second-order valence-corrected chi connectivity index (χ2v) is 4.45. The first-order valence-corrected chi connectivity index (χ1v) is 5.73. The van der Waals surface area contributed by atoms with Crippen molar-refractivity contribution < 1.29 is 9.90 Å². The number of hydrogen-bond acceptors (Lipinski definition) is 2. The van der Waals surface area contributed by atoms with Gasteiger partial charge in [0.2, 0.25) is 0 Å². The number of allylic oxidation sites excluding steroid dienone is 1. The average molecular weight is 211 g/mol. The van der Waals surface area contributed by atoms with Crippen LogP contribution in [0.2, 0.25) is 0 Å². The van der Waals surface area contributed by atoms with E-state index in [1.165, 1.54) is 0 Å². The van der Waals surface area contributed by atoms with Crippen molar-refractivity contribution >= 4 is 5.97 Å². The highest BCUT2D eigenvalue weighted by atomic mass is 16.4. The van der Waals surface area contributed by atoms with E-state index in [-0.39, 0.29) is 6.04 Å². The molecule has 0 radical (unpaired) electrons. The lowest BCUT2D eigenvalue weighted by Crippen LogP contribution is -2.47. The van der Waals surface area contributed by atoms with Gasteiger partial charge in [0, 0.05) is 0 Å². The van der Waals surface area contributed by atoms with E-state index >= 15 is 0 Å². The van der Waals surface area contributed by atoms with Crippen LogP contribution in [0.5, 0.6) is 0 Å². The van der Waals surface area contributed by atoms with E-state index in [0.717, 1.165) is 38.8 Å². The lowest BCUT2D eigenvalue weighted by molar-refractivity contribution is -0.145. The minimum Gasteiger partial charge on any atom is -0.480 e. The first-order chi connectivity index (χ1) is 7.15. The molecule has 1 aliphatic heterocycles. The Morgan fingerprint density at radius 2 is 2.40 bits per heavy atom. The first-order valence-electron chi connectivity index (χ1n) is 5.73. The molecule has 1 saturated heterocycles. The minimum absolute atomic E-state index is 0.265. The van der Waals surface area contributed by atoms with Gasteiger partial charge in [-0.05, 0) is 44.7 Å². The van der Waals surface area contributed by atoms with Crippen LogP contribution in [-0.4, -0.2) is 35.1 Å². The van der Waals surface area contributed by atoms with E-state index in [1.54, 1.807) is 0 Å². The van der Waals surface area contributed by atoms with Crippen LogP contribution in [0, 0.1) is 5.92 Å². The summed E-state index contributed by atoms with van der Waals surface area (Å²) in [7, 11) is 0. The summed E-state index contributed by atoms with van der Waals surface area (Å²) in [6.45, 7) is 7.62. The summed E-state index contributed by atoms with van der Waals surface area (Å²) in [5.41, 5.74) is 0. The summed E-state index contributed by atoms with van der Waals surface area (Å²) in [5.74, 6) is -0.123. The monoisotopic (exact) mass is 211 g/mol. The second-order valence-electron chi connectivity index (χ2n) is 4.45. The number of rotatable bonds is 5. The number of unbranched alkanes of at least 4 members (excludes halogenated alkanes) is 1. The zero-order chi connectivity index (χ0) is 11.3. The molecule has 0 aliphatic carbocycles. The van der Waals surface area contributed by atoms with Crippen molar-refractivity contribution in [3.8, 4) is 0 Å². The Balaban J connectivity index is 2.45. The third-order valence-corrected chi connectivity index (χ3v) is 3.11. The molecular formula is C12H21NO2. The van der Waals surface area contributed by atoms with Gasteiger partial charge < -0.3 is 5.11 Å². The predicted molar refractivity (Wildman–Crippen MR) is 60.8 cm³/mol. The van der Waals surface area contributed by atoms with E-state index in [1.807, 2.05) is 6.08 Å². The fraction of sp³-hybridized carbons (Fsp3) is 0.750. The number of likely N-dealkylation sites (tertiary alicyclic amines) is 1. The van der Waals surface area contributed by atoms with Crippen LogP contribution in [0.25, 0.3) is 0 Å². The molecule has 0 amide bonds. The van der Waals surface area contributed by atoms with Gasteiger partial charge in [-0.3, -0.25) is 9.69 Å². The van der Waals surface area contributed by atoms with E-state index < -0.39 is 5.97 Å². The van der Waals surface area contributed by atoms with Crippen molar-refractivity contribution in [2.45, 2.75) is 38.6 Å². The van der Waals surface area contributed by atoms with Crippen LogP contribution >= 0.6 is 0 Å². The van der Waals surface area contributed by atoms with Gasteiger partial charge in [0.1, 0.15) is 6.04 Å². The minimum atomic E-state index is -0.667. The highest BCUT2D eigenvalue weighted by Gasteiger charge is 2.30. The van der Waals surface area contributed by atoms with E-state index in [9.17, 15) is 4.79 Å². The molecule has 1 aliphatic rings. The zero-order valence-electron chi connectivity index (χ0n) is 9.48. The Kier molecular flexibility index (Phi) is 4.82. The maximum absolute atomic E-state index is 11.1. The lowest BCUT2D eigenvalue weighted by atomic mass is 9.92. The molecule has 15 heavy (non-hydrogen) atoms. The van der Waals surface area contributed by atoms with Crippen molar-refractivity contribution in [1.29, 1.82) is 0 Å². The van der Waals surface area contributed by atoms with Crippen LogP contribution in [0.1, 0.15) is 32.6 Å². The quantitative estimate of drug-likeness (QED) is 0.559. The molecule has 0 aromatic heterocycles. The summed E-state index contributed by atoms with van der Waals surface area (Å²) in [5, 5.41) is 9.12. The molecule has 1 N–H and O–H groups in total. The number of nitrogens with zero attached hydrogens (tertiary/aromatic N) is 1. The summed E-state index contributed by atoms with van der Waals surface area (Å²) in [4.78, 5) is 13.2. The molecule has 0 aromatic rings. The smallest absolute Gasteiger partial charge is 0.320 e. The molecule has 0 spiro atoms. The number of piperidine rings is 1. The molecule has 3 heteroatoms. The Bertz CT molecular complexity index is 228. The number of aliphatic carboxylic acids is 1. The Hall–Kier alpha value is -0.830. The molecule has 0 bridgehead atoms. The van der Waals surface area contributed by atoms with Crippen molar-refractivity contribution in [2.75, 3.05) is 13.1 Å². The van der Waals surface area contributed by atoms with Gasteiger partial charge in [0.25, 0.3) is 0 Å². The van der Waals surface area contributed by atoms with Crippen LogP contribution in [0.4, 0.5) is 0 Å². The summed E-state index contributed by atoms with van der Waals surface area (Å²) in [6.07, 6.45) is 5.80. The molecular weight excluding hydrogens is 190 g/mol. The van der Waals surface area contributed by atoms with Crippen LogP contribution in [-0.2, 0) is 4.79 Å². The third-order valence-electron chi connectivity index (χ3n) is 3.11. The van der Waals surface area contributed by atoms with Crippen molar-refractivity contribution in [3.05, 3.63) is 12.7 Å². The number of carboxylic acid groups (broad SMARTS) is 1. The normalized spacial score (nSPS) is 27.5. The Labute approximate surface area is 91.8 Å². The first kappa shape index (κ1) is 12.2. The summed E-state index contributed by atoms with van der Waals surface area (Å²) in [6, 6.07) is -0.265. The molecule has 2 unspecified atom stereocenters. The molecule has 86 valence electrons. The van der Waals surface area contributed by atoms with Gasteiger partial charge in [-0.2, -0.15) is 0 Å². The van der Waals surface area contributed by atoms with Crippen LogP contribution in [0.15, 0.2) is 12.7 Å². The highest BCUT2D eigenvalue weighted by molar-refractivity contribution is 5.73. The van der Waals surface area contributed by atoms with E-state index in [0.29, 0.717) is 5.92 Å². The largest absolute Gasteiger partial charge is 0.480 e. The van der Waals surface area contributed by atoms with Gasteiger partial charge in [0.05, 0.1) is 0 Å². The number of hydrogen-bond donors (Lipinski definition) is 1. The standard InChI is InChI=1S/C12H21NO2/c1-3-4-5-7-13-8-6-10(2)9-11(13)12(14)15/h3,10-11H,1,4-9H2,2H3,(H,14,15). The second kappa shape index (κ2) is 5.91. The van der Waals surface area contributed by atoms with E-state index in [4.69, 9.17) is 5.11 Å². The molecule has 1 fully saturated rings. The molecule has 3 nitrogen and oxygen atoms in total. The fourth-order valence-electron chi connectivity index (χ4n) is 2.15. The Morgan fingerprint density at radius 3 is 3.00 bits per heavy atom. The summed E-state index contributed by atoms with van der Waals surface area (Å²) < 4.78 is 0. The van der Waals surface area contributed by atoms with Crippen molar-refractivity contribution in [3.63, 3.8) is 0 Å². The van der Waals surface area contributed by atoms with Gasteiger partial charge in [0.15, 0.2) is 0 Å². The maximum Gasteiger partial charge on any atom is 0.320 e. The van der Waals surface area contributed by atoms with Crippen LogP contribution < -0.4 is 0 Å². The lowest BCUT2D eigenvalue weighted by Gasteiger charge is -2.35. The highest BCUT2D eigenvalue weighted by Crippen LogP contribution is 2.22. The van der Waals surface area contributed by atoms with Crippen molar-refractivity contribution in [2.24, 2.45) is 5.92 Å². The fourth-order valence-corrected chi connectivity index (χ4v) is 2.15. The van der Waals surface area contributed by atoms with Gasteiger partial charge in [-0.15, -0.1) is 6.58 Å². The predicted octanol–water partition coefficient (Wildman–Crippen LogP) is 2.14. The number of carbonyl (C=O) groups is 1. The molecule has 2 atom stereocenters. The Morgan fingerprint density at radius 1 is 1.67 bits per heavy atom. The zero-order valence-corrected chi connectivity index (χ0v) is 9.48. The summed E-state index contributed by atoms with van der Waals surface area (Å²) >= 11 is 0. The third kappa shape index (κ3) is 3.67. The molecule has 1 heterocycles. The topological polar surface area (TPSA) is 40.5 Å². The average Bonchev–Trinajstić information content (AvgIpc) is 2.20. The maximum atomic E-state index is 11.1. The van der Waals surface area contributed by atoms with Gasteiger partial charge >= 0.3 is 5.97 Å². The molecule has 1 rings (SSSR count). The van der Waals surface area contributed by atoms with Crippen LogP contribution in [0.3, 0.4) is 0 Å². The van der Waals surface area contributed by atoms with Crippen molar-refractivity contribution in [1.82, 2.24) is 4.90 Å². The van der Waals surface area contributed by atoms with E-state index in [2.05, 4.69) is 18.4 Å². The SMILES string of the molecule is C=CCCCN1CCC(C)CC1C(=O)O. The number of carboxylic acids is 1.